The van der Waals surface area contributed by atoms with E-state index in [-0.39, 0.29) is 57.2 Å². The van der Waals surface area contributed by atoms with Gasteiger partial charge in [0.1, 0.15) is 17.5 Å². The highest BCUT2D eigenvalue weighted by atomic mass is 19.3. The lowest BCUT2D eigenvalue weighted by atomic mass is 10.2. The summed E-state index contributed by atoms with van der Waals surface area (Å²) in [5, 5.41) is 15.8. The molecule has 4 amide bonds. The summed E-state index contributed by atoms with van der Waals surface area (Å²) in [6, 6.07) is 1.47. The van der Waals surface area contributed by atoms with E-state index in [0.717, 1.165) is 17.0 Å². The highest BCUT2D eigenvalue weighted by Crippen LogP contribution is 2.31. The first-order valence-electron chi connectivity index (χ1n) is 11.1. The SMILES string of the molecule is O=C(NC[C@H]1CN(c2cc(F)c(N3CCNN(C(=O)NCc4cn[nH]n4)CC3)c(F)c2)C(=O)O1)C(F)F. The Hall–Kier alpha value is -4.15. The van der Waals surface area contributed by atoms with Gasteiger partial charge in [-0.2, -0.15) is 24.2 Å². The Balaban J connectivity index is 1.37. The maximum atomic E-state index is 15.1. The molecule has 2 aromatic rings. The van der Waals surface area contributed by atoms with Crippen LogP contribution in [-0.4, -0.2) is 90.2 Å². The Bertz CT molecular complexity index is 1110. The Labute approximate surface area is 207 Å². The maximum Gasteiger partial charge on any atom is 0.414 e. The molecule has 4 rings (SSSR count). The summed E-state index contributed by atoms with van der Waals surface area (Å²) in [6.07, 6.45) is -3.67. The molecule has 0 aliphatic carbocycles. The molecule has 2 fully saturated rings. The average molecular weight is 529 g/mol. The number of benzene rings is 1. The molecule has 13 nitrogen and oxygen atoms in total. The third-order valence-electron chi connectivity index (χ3n) is 5.61. The van der Waals surface area contributed by atoms with Crippen molar-refractivity contribution in [1.29, 1.82) is 0 Å². The number of hydrazine groups is 1. The Morgan fingerprint density at radius 1 is 1.16 bits per heavy atom. The number of carbonyl (C=O) groups excluding carboxylic acids is 3. The van der Waals surface area contributed by atoms with Gasteiger partial charge in [-0.15, -0.1) is 0 Å². The van der Waals surface area contributed by atoms with Crippen LogP contribution in [0.25, 0.3) is 0 Å². The van der Waals surface area contributed by atoms with Crippen LogP contribution in [0.15, 0.2) is 18.3 Å². The highest BCUT2D eigenvalue weighted by Gasteiger charge is 2.34. The van der Waals surface area contributed by atoms with E-state index in [1.807, 2.05) is 5.32 Å². The molecule has 200 valence electrons. The lowest BCUT2D eigenvalue weighted by Crippen LogP contribution is -2.48. The molecule has 0 radical (unpaired) electrons. The number of halogens is 4. The van der Waals surface area contributed by atoms with Gasteiger partial charge in [-0.1, -0.05) is 0 Å². The number of hydrogen-bond acceptors (Lipinski definition) is 8. The topological polar surface area (TPSA) is 148 Å². The van der Waals surface area contributed by atoms with Gasteiger partial charge >= 0.3 is 18.5 Å². The van der Waals surface area contributed by atoms with E-state index >= 15 is 8.78 Å². The van der Waals surface area contributed by atoms with Gasteiger partial charge in [0.2, 0.25) is 0 Å². The van der Waals surface area contributed by atoms with Crippen LogP contribution in [0.1, 0.15) is 5.69 Å². The molecular formula is C20H23F4N9O4. The van der Waals surface area contributed by atoms with Gasteiger partial charge in [0.25, 0.3) is 5.91 Å². The van der Waals surface area contributed by atoms with Crippen LogP contribution in [0.5, 0.6) is 0 Å². The Morgan fingerprint density at radius 3 is 2.59 bits per heavy atom. The van der Waals surface area contributed by atoms with Gasteiger partial charge in [0, 0.05) is 31.8 Å². The Morgan fingerprint density at radius 2 is 1.92 bits per heavy atom. The predicted molar refractivity (Wildman–Crippen MR) is 119 cm³/mol. The van der Waals surface area contributed by atoms with Crippen LogP contribution in [-0.2, 0) is 16.1 Å². The first-order valence-corrected chi connectivity index (χ1v) is 11.1. The number of cyclic esters (lactones) is 1. The van der Waals surface area contributed by atoms with E-state index in [0.29, 0.717) is 5.69 Å². The molecule has 0 unspecified atom stereocenters. The summed E-state index contributed by atoms with van der Waals surface area (Å²) in [5.41, 5.74) is 2.96. The number of carbonyl (C=O) groups is 3. The zero-order chi connectivity index (χ0) is 26.5. The van der Waals surface area contributed by atoms with E-state index in [1.165, 1.54) is 16.1 Å². The van der Waals surface area contributed by atoms with Crippen molar-refractivity contribution in [2.45, 2.75) is 19.1 Å². The van der Waals surface area contributed by atoms with Crippen LogP contribution < -0.4 is 25.9 Å². The number of anilines is 2. The molecule has 37 heavy (non-hydrogen) atoms. The van der Waals surface area contributed by atoms with Crippen molar-refractivity contribution in [2.75, 3.05) is 49.1 Å². The van der Waals surface area contributed by atoms with Gasteiger partial charge in [0.15, 0.2) is 11.6 Å². The molecule has 2 saturated heterocycles. The first-order chi connectivity index (χ1) is 17.7. The summed E-state index contributed by atoms with van der Waals surface area (Å²) in [7, 11) is 0. The number of ether oxygens (including phenoxy) is 1. The van der Waals surface area contributed by atoms with Crippen molar-refractivity contribution in [3.05, 3.63) is 35.7 Å². The number of amides is 4. The zero-order valence-corrected chi connectivity index (χ0v) is 19.2. The molecule has 4 N–H and O–H groups in total. The zero-order valence-electron chi connectivity index (χ0n) is 19.2. The molecule has 1 aromatic heterocycles. The number of alkyl halides is 2. The third kappa shape index (κ3) is 6.16. The van der Waals surface area contributed by atoms with Gasteiger partial charge in [-0.25, -0.2) is 23.8 Å². The normalized spacial score (nSPS) is 18.1. The number of aromatic nitrogens is 3. The minimum atomic E-state index is -3.22. The summed E-state index contributed by atoms with van der Waals surface area (Å²) in [4.78, 5) is 38.0. The Kier molecular flexibility index (Phi) is 7.90. The second-order valence-electron chi connectivity index (χ2n) is 8.09. The minimum absolute atomic E-state index is 0.106. The fourth-order valence-corrected chi connectivity index (χ4v) is 3.84. The van der Waals surface area contributed by atoms with Crippen molar-refractivity contribution >= 4 is 29.4 Å². The van der Waals surface area contributed by atoms with Crippen molar-refractivity contribution in [3.63, 3.8) is 0 Å². The third-order valence-corrected chi connectivity index (χ3v) is 5.61. The van der Waals surface area contributed by atoms with E-state index in [1.54, 1.807) is 0 Å². The average Bonchev–Trinajstić information content (AvgIpc) is 3.44. The monoisotopic (exact) mass is 529 g/mol. The molecule has 1 aromatic carbocycles. The first kappa shape index (κ1) is 25.9. The molecular weight excluding hydrogens is 506 g/mol. The molecule has 0 spiro atoms. The van der Waals surface area contributed by atoms with E-state index in [4.69, 9.17) is 4.74 Å². The highest BCUT2D eigenvalue weighted by molar-refractivity contribution is 5.90. The van der Waals surface area contributed by atoms with E-state index in [2.05, 4.69) is 26.2 Å². The van der Waals surface area contributed by atoms with Crippen LogP contribution in [0.4, 0.5) is 38.5 Å². The number of hydrogen-bond donors (Lipinski definition) is 4. The van der Waals surface area contributed by atoms with E-state index < -0.39 is 42.2 Å². The number of urea groups is 1. The number of nitrogens with one attached hydrogen (secondary N) is 4. The summed E-state index contributed by atoms with van der Waals surface area (Å²) in [5.74, 6) is -3.41. The molecule has 17 heteroatoms. The summed E-state index contributed by atoms with van der Waals surface area (Å²) >= 11 is 0. The maximum absolute atomic E-state index is 15.1. The van der Waals surface area contributed by atoms with Gasteiger partial charge in [-0.05, 0) is 0 Å². The quantitative estimate of drug-likeness (QED) is 0.375. The number of rotatable bonds is 7. The van der Waals surface area contributed by atoms with Crippen LogP contribution in [0, 0.1) is 11.6 Å². The van der Waals surface area contributed by atoms with E-state index in [9.17, 15) is 23.2 Å². The van der Waals surface area contributed by atoms with Crippen LogP contribution in [0.2, 0.25) is 0 Å². The van der Waals surface area contributed by atoms with Crippen molar-refractivity contribution in [2.24, 2.45) is 0 Å². The lowest BCUT2D eigenvalue weighted by Gasteiger charge is -2.25. The molecule has 2 aliphatic heterocycles. The van der Waals surface area contributed by atoms with Gasteiger partial charge in [0.05, 0.1) is 38.1 Å². The lowest BCUT2D eigenvalue weighted by molar-refractivity contribution is -0.132. The van der Waals surface area contributed by atoms with Crippen molar-refractivity contribution in [1.82, 2.24) is 36.5 Å². The molecule has 1 atom stereocenters. The number of H-pyrrole nitrogens is 1. The second kappa shape index (κ2) is 11.3. The largest absolute Gasteiger partial charge is 0.442 e. The molecule has 0 bridgehead atoms. The molecule has 3 heterocycles. The van der Waals surface area contributed by atoms with Crippen LogP contribution in [0.3, 0.4) is 0 Å². The van der Waals surface area contributed by atoms with Gasteiger partial charge in [-0.3, -0.25) is 14.7 Å². The predicted octanol–water partition coefficient (Wildman–Crippen LogP) is 0.326. The smallest absolute Gasteiger partial charge is 0.414 e. The number of nitrogens with zero attached hydrogens (tertiary/aromatic N) is 5. The second-order valence-corrected chi connectivity index (χ2v) is 8.09. The van der Waals surface area contributed by atoms with Gasteiger partial charge < -0.3 is 20.3 Å². The number of aromatic amines is 1. The molecule has 2 aliphatic rings. The van der Waals surface area contributed by atoms with Crippen LogP contribution >= 0.6 is 0 Å². The molecule has 0 saturated carbocycles. The van der Waals surface area contributed by atoms with Crippen molar-refractivity contribution in [3.8, 4) is 0 Å². The standard InChI is InChI=1S/C20H23F4N9O4/c21-14-5-12(32-10-13(37-20(32)36)9-25-18(34)17(23)24)6-15(22)16(14)31-2-1-28-33(4-3-31)19(35)26-7-11-8-27-30-29-11/h5-6,8,13,17,28H,1-4,7,9-10H2,(H,25,34)(H,26,35)(H,27,29,30)/t13-/m0/s1. The van der Waals surface area contributed by atoms with Crippen molar-refractivity contribution < 1.29 is 36.7 Å². The fourth-order valence-electron chi connectivity index (χ4n) is 3.84. The summed E-state index contributed by atoms with van der Waals surface area (Å²) in [6.45, 7) is 0.163. The fraction of sp³-hybridized carbons (Fsp3) is 0.450. The minimum Gasteiger partial charge on any atom is -0.442 e. The summed E-state index contributed by atoms with van der Waals surface area (Å²) < 4.78 is 59.7.